The Morgan fingerprint density at radius 2 is 2.12 bits per heavy atom. The van der Waals surface area contributed by atoms with Gasteiger partial charge < -0.3 is 16.2 Å². The third kappa shape index (κ3) is 3.44. The molecular formula is C11H15N3O3. The molecule has 1 amide bonds. The van der Waals surface area contributed by atoms with Gasteiger partial charge in [0, 0.05) is 6.54 Å². The van der Waals surface area contributed by atoms with E-state index >= 15 is 0 Å². The van der Waals surface area contributed by atoms with Crippen LogP contribution in [-0.2, 0) is 4.79 Å². The van der Waals surface area contributed by atoms with E-state index in [1.54, 1.807) is 26.0 Å². The van der Waals surface area contributed by atoms with Crippen LogP contribution in [-0.4, -0.2) is 28.5 Å². The first-order valence-electron chi connectivity index (χ1n) is 5.07. The molecule has 0 bridgehead atoms. The summed E-state index contributed by atoms with van der Waals surface area (Å²) < 4.78 is 0. The van der Waals surface area contributed by atoms with Gasteiger partial charge in [0.05, 0.1) is 5.41 Å². The van der Waals surface area contributed by atoms with E-state index in [0.29, 0.717) is 5.82 Å². The molecule has 1 aromatic heterocycles. The van der Waals surface area contributed by atoms with E-state index in [4.69, 9.17) is 10.8 Å². The van der Waals surface area contributed by atoms with E-state index in [1.165, 1.54) is 6.07 Å². The Balaban J connectivity index is 2.73. The topological polar surface area (TPSA) is 105 Å². The summed E-state index contributed by atoms with van der Waals surface area (Å²) in [5.41, 5.74) is 4.32. The molecule has 0 spiro atoms. The van der Waals surface area contributed by atoms with Crippen molar-refractivity contribution in [2.45, 2.75) is 13.8 Å². The lowest BCUT2D eigenvalue weighted by Crippen LogP contribution is -2.32. The molecule has 92 valence electrons. The number of nitrogens with zero attached hydrogens (tertiary/aromatic N) is 1. The minimum atomic E-state index is -0.912. The largest absolute Gasteiger partial charge is 0.481 e. The monoisotopic (exact) mass is 237 g/mol. The number of aromatic nitrogens is 1. The number of carboxylic acid groups (broad SMARTS) is 1. The number of primary amides is 1. The molecule has 0 aliphatic heterocycles. The van der Waals surface area contributed by atoms with E-state index in [-0.39, 0.29) is 12.2 Å². The maximum atomic E-state index is 10.9. The maximum absolute atomic E-state index is 10.9. The molecule has 0 fully saturated rings. The van der Waals surface area contributed by atoms with Crippen molar-refractivity contribution in [1.82, 2.24) is 4.98 Å². The molecule has 4 N–H and O–H groups in total. The van der Waals surface area contributed by atoms with Crippen molar-refractivity contribution in [3.05, 3.63) is 23.9 Å². The predicted molar refractivity (Wildman–Crippen MR) is 62.7 cm³/mol. The Labute approximate surface area is 98.8 Å². The number of carbonyl (C=O) groups is 2. The number of nitrogens with one attached hydrogen (secondary N) is 1. The Hall–Kier alpha value is -2.11. The molecule has 0 saturated heterocycles. The predicted octanol–water partition coefficient (Wildman–Crippen LogP) is 0.703. The molecule has 0 unspecified atom stereocenters. The van der Waals surface area contributed by atoms with Gasteiger partial charge in [-0.05, 0) is 26.0 Å². The van der Waals surface area contributed by atoms with Crippen molar-refractivity contribution in [3.63, 3.8) is 0 Å². The molecule has 6 nitrogen and oxygen atoms in total. The van der Waals surface area contributed by atoms with Crippen LogP contribution in [0.1, 0.15) is 24.3 Å². The highest BCUT2D eigenvalue weighted by Gasteiger charge is 2.26. The Morgan fingerprint density at radius 3 is 2.65 bits per heavy atom. The highest BCUT2D eigenvalue weighted by Crippen LogP contribution is 2.16. The summed E-state index contributed by atoms with van der Waals surface area (Å²) >= 11 is 0. The molecule has 1 rings (SSSR count). The smallest absolute Gasteiger partial charge is 0.310 e. The number of carboxylic acids is 1. The van der Waals surface area contributed by atoms with Crippen LogP contribution in [0.5, 0.6) is 0 Å². The maximum Gasteiger partial charge on any atom is 0.310 e. The van der Waals surface area contributed by atoms with Gasteiger partial charge in [-0.2, -0.15) is 0 Å². The summed E-state index contributed by atoms with van der Waals surface area (Å²) in [6.07, 6.45) is 0. The lowest BCUT2D eigenvalue weighted by molar-refractivity contribution is -0.146. The number of anilines is 1. The van der Waals surface area contributed by atoms with Crippen molar-refractivity contribution in [2.24, 2.45) is 11.1 Å². The first kappa shape index (κ1) is 13.0. The number of amides is 1. The molecule has 0 radical (unpaired) electrons. The number of rotatable bonds is 5. The number of aliphatic carboxylic acids is 1. The number of hydrogen-bond donors (Lipinski definition) is 3. The molecule has 0 aliphatic rings. The van der Waals surface area contributed by atoms with Crippen molar-refractivity contribution in [1.29, 1.82) is 0 Å². The second-order valence-electron chi connectivity index (χ2n) is 4.31. The lowest BCUT2D eigenvalue weighted by Gasteiger charge is -2.19. The first-order valence-corrected chi connectivity index (χ1v) is 5.07. The van der Waals surface area contributed by atoms with Crippen LogP contribution in [0.25, 0.3) is 0 Å². The molecule has 1 heterocycles. The van der Waals surface area contributed by atoms with Gasteiger partial charge in [0.15, 0.2) is 0 Å². The number of hydrogen-bond acceptors (Lipinski definition) is 4. The third-order valence-electron chi connectivity index (χ3n) is 2.29. The summed E-state index contributed by atoms with van der Waals surface area (Å²) in [5.74, 6) is -1.10. The summed E-state index contributed by atoms with van der Waals surface area (Å²) in [4.78, 5) is 25.7. The van der Waals surface area contributed by atoms with Gasteiger partial charge in [-0.15, -0.1) is 0 Å². The van der Waals surface area contributed by atoms with Gasteiger partial charge >= 0.3 is 5.97 Å². The molecule has 6 heteroatoms. The molecule has 0 atom stereocenters. The van der Waals surface area contributed by atoms with Crippen LogP contribution < -0.4 is 11.1 Å². The van der Waals surface area contributed by atoms with E-state index < -0.39 is 17.3 Å². The summed E-state index contributed by atoms with van der Waals surface area (Å²) in [6, 6.07) is 4.77. The SMILES string of the molecule is CC(C)(CNc1cccc(C(N)=O)n1)C(=O)O. The fourth-order valence-corrected chi connectivity index (χ4v) is 1.06. The Kier molecular flexibility index (Phi) is 3.67. The summed E-state index contributed by atoms with van der Waals surface area (Å²) in [5, 5.41) is 11.8. The molecule has 0 aliphatic carbocycles. The van der Waals surface area contributed by atoms with Crippen LogP contribution in [0, 0.1) is 5.41 Å². The average Bonchev–Trinajstić information content (AvgIpc) is 2.26. The molecule has 0 saturated carbocycles. The standard InChI is InChI=1S/C11H15N3O3/c1-11(2,10(16)17)6-13-8-5-3-4-7(14-8)9(12)15/h3-5H,6H2,1-2H3,(H2,12,15)(H,13,14)(H,16,17). The Bertz CT molecular complexity index is 443. The minimum absolute atomic E-state index is 0.142. The van der Waals surface area contributed by atoms with Gasteiger partial charge in [0.1, 0.15) is 11.5 Å². The van der Waals surface area contributed by atoms with Crippen LogP contribution in [0.4, 0.5) is 5.82 Å². The molecule has 17 heavy (non-hydrogen) atoms. The molecule has 1 aromatic rings. The van der Waals surface area contributed by atoms with Crippen molar-refractivity contribution in [2.75, 3.05) is 11.9 Å². The minimum Gasteiger partial charge on any atom is -0.481 e. The summed E-state index contributed by atoms with van der Waals surface area (Å²) in [7, 11) is 0. The van der Waals surface area contributed by atoms with Crippen molar-refractivity contribution < 1.29 is 14.7 Å². The van der Waals surface area contributed by atoms with Crippen LogP contribution in [0.3, 0.4) is 0 Å². The van der Waals surface area contributed by atoms with Gasteiger partial charge in [-0.1, -0.05) is 6.07 Å². The third-order valence-corrected chi connectivity index (χ3v) is 2.29. The van der Waals surface area contributed by atoms with Gasteiger partial charge in [0.2, 0.25) is 0 Å². The van der Waals surface area contributed by atoms with E-state index in [9.17, 15) is 9.59 Å². The number of pyridine rings is 1. The van der Waals surface area contributed by atoms with Gasteiger partial charge in [-0.25, -0.2) is 4.98 Å². The second-order valence-corrected chi connectivity index (χ2v) is 4.31. The zero-order valence-corrected chi connectivity index (χ0v) is 9.73. The van der Waals surface area contributed by atoms with Crippen molar-refractivity contribution in [3.8, 4) is 0 Å². The highest BCUT2D eigenvalue weighted by atomic mass is 16.4. The first-order chi connectivity index (χ1) is 7.83. The van der Waals surface area contributed by atoms with E-state index in [0.717, 1.165) is 0 Å². The average molecular weight is 237 g/mol. The second kappa shape index (κ2) is 4.82. The zero-order chi connectivity index (χ0) is 13.1. The fourth-order valence-electron chi connectivity index (χ4n) is 1.06. The van der Waals surface area contributed by atoms with Crippen LogP contribution in [0.2, 0.25) is 0 Å². The Morgan fingerprint density at radius 1 is 1.47 bits per heavy atom. The normalized spacial score (nSPS) is 10.9. The molecular weight excluding hydrogens is 222 g/mol. The van der Waals surface area contributed by atoms with Gasteiger partial charge in [0.25, 0.3) is 5.91 Å². The summed E-state index contributed by atoms with van der Waals surface area (Å²) in [6.45, 7) is 3.40. The quantitative estimate of drug-likeness (QED) is 0.699. The van der Waals surface area contributed by atoms with E-state index in [1.807, 2.05) is 0 Å². The van der Waals surface area contributed by atoms with Crippen LogP contribution >= 0.6 is 0 Å². The van der Waals surface area contributed by atoms with Crippen LogP contribution in [0.15, 0.2) is 18.2 Å². The lowest BCUT2D eigenvalue weighted by atomic mass is 9.94. The van der Waals surface area contributed by atoms with Crippen molar-refractivity contribution >= 4 is 17.7 Å². The molecule has 0 aromatic carbocycles. The van der Waals surface area contributed by atoms with Gasteiger partial charge in [-0.3, -0.25) is 9.59 Å². The number of nitrogens with two attached hydrogens (primary N) is 1. The zero-order valence-electron chi connectivity index (χ0n) is 9.73. The highest BCUT2D eigenvalue weighted by molar-refractivity contribution is 5.91. The number of carbonyl (C=O) groups excluding carboxylic acids is 1. The van der Waals surface area contributed by atoms with E-state index in [2.05, 4.69) is 10.3 Å². The fraction of sp³-hybridized carbons (Fsp3) is 0.364.